The van der Waals surface area contributed by atoms with E-state index in [0.717, 1.165) is 29.4 Å². The molecule has 0 saturated heterocycles. The van der Waals surface area contributed by atoms with Crippen molar-refractivity contribution in [3.63, 3.8) is 0 Å². The molecule has 0 aliphatic heterocycles. The molecule has 1 fully saturated rings. The van der Waals surface area contributed by atoms with Crippen LogP contribution in [-0.4, -0.2) is 16.1 Å². The number of ether oxygens (including phenoxy) is 1. The number of hydrogen-bond donors (Lipinski definition) is 0. The van der Waals surface area contributed by atoms with Gasteiger partial charge in [0.15, 0.2) is 0 Å². The molecule has 3 nitrogen and oxygen atoms in total. The maximum atomic E-state index is 6.27. The molecule has 0 spiro atoms. The van der Waals surface area contributed by atoms with Gasteiger partial charge in [-0.1, -0.05) is 18.6 Å². The lowest BCUT2D eigenvalue weighted by atomic mass is 9.97. The van der Waals surface area contributed by atoms with Crippen LogP contribution in [0.3, 0.4) is 0 Å². The number of nitrogens with zero attached hydrogens (tertiary/aromatic N) is 2. The van der Waals surface area contributed by atoms with E-state index in [0.29, 0.717) is 6.10 Å². The molecular weight excluding hydrogens is 292 g/mol. The first-order valence-corrected chi connectivity index (χ1v) is 8.71. The van der Waals surface area contributed by atoms with Gasteiger partial charge in [-0.3, -0.25) is 9.97 Å². The topological polar surface area (TPSA) is 35.0 Å². The van der Waals surface area contributed by atoms with Crippen molar-refractivity contribution in [2.45, 2.75) is 38.2 Å². The van der Waals surface area contributed by atoms with Gasteiger partial charge in [-0.25, -0.2) is 0 Å². The fraction of sp³-hybridized carbons (Fsp3) is 0.333. The predicted octanol–water partition coefficient (Wildman–Crippen LogP) is 5.07. The Morgan fingerprint density at radius 2 is 1.91 bits per heavy atom. The maximum Gasteiger partial charge on any atom is 0.145 e. The predicted molar refractivity (Wildman–Crippen MR) is 90.4 cm³/mol. The van der Waals surface area contributed by atoms with Gasteiger partial charge in [0.2, 0.25) is 0 Å². The first-order chi connectivity index (χ1) is 10.9. The second-order valence-electron chi connectivity index (χ2n) is 5.82. The molecule has 0 bridgehead atoms. The Morgan fingerprint density at radius 1 is 1.00 bits per heavy atom. The summed E-state index contributed by atoms with van der Waals surface area (Å²) in [5.41, 5.74) is 3.06. The highest BCUT2D eigenvalue weighted by atomic mass is 32.1. The Hall–Kier alpha value is -1.94. The largest absolute Gasteiger partial charge is 0.488 e. The molecule has 1 aliphatic rings. The third-order valence-corrected chi connectivity index (χ3v) is 5.11. The molecule has 112 valence electrons. The van der Waals surface area contributed by atoms with Crippen molar-refractivity contribution in [2.24, 2.45) is 0 Å². The van der Waals surface area contributed by atoms with Gasteiger partial charge in [0, 0.05) is 23.2 Å². The molecule has 3 aromatic rings. The zero-order valence-corrected chi connectivity index (χ0v) is 13.2. The number of pyridine rings is 1. The molecule has 1 aliphatic carbocycles. The van der Waals surface area contributed by atoms with E-state index in [1.165, 1.54) is 29.7 Å². The summed E-state index contributed by atoms with van der Waals surface area (Å²) in [5, 5.41) is 2.27. The first kappa shape index (κ1) is 13.7. The molecule has 0 atom stereocenters. The molecule has 4 heteroatoms. The third-order valence-electron chi connectivity index (χ3n) is 4.29. The Bertz CT molecular complexity index is 764. The number of hydrogen-bond acceptors (Lipinski definition) is 4. The fourth-order valence-electron chi connectivity index (χ4n) is 3.11. The third kappa shape index (κ3) is 2.71. The summed E-state index contributed by atoms with van der Waals surface area (Å²) in [4.78, 5) is 9.69. The van der Waals surface area contributed by atoms with Gasteiger partial charge in [-0.2, -0.15) is 0 Å². The number of rotatable bonds is 3. The van der Waals surface area contributed by atoms with Crippen LogP contribution >= 0.6 is 11.3 Å². The monoisotopic (exact) mass is 310 g/mol. The summed E-state index contributed by atoms with van der Waals surface area (Å²) in [6, 6.07) is 6.44. The van der Waals surface area contributed by atoms with Crippen LogP contribution in [0.25, 0.3) is 21.2 Å². The van der Waals surface area contributed by atoms with Crippen LogP contribution in [0.1, 0.15) is 32.1 Å². The van der Waals surface area contributed by atoms with Crippen molar-refractivity contribution >= 4 is 22.1 Å². The van der Waals surface area contributed by atoms with Crippen molar-refractivity contribution < 1.29 is 4.74 Å². The van der Waals surface area contributed by atoms with Crippen LogP contribution in [0.4, 0.5) is 0 Å². The SMILES string of the molecule is c1ncc(-c2ccc3cncc(OC4CCCCC4)c3c2)s1. The normalized spacial score (nSPS) is 16.0. The summed E-state index contributed by atoms with van der Waals surface area (Å²) >= 11 is 1.66. The van der Waals surface area contributed by atoms with Crippen molar-refractivity contribution in [3.8, 4) is 16.2 Å². The second kappa shape index (κ2) is 6.05. The van der Waals surface area contributed by atoms with Crippen molar-refractivity contribution in [1.82, 2.24) is 9.97 Å². The molecule has 0 amide bonds. The van der Waals surface area contributed by atoms with E-state index in [1.807, 2.05) is 24.1 Å². The zero-order chi connectivity index (χ0) is 14.8. The minimum atomic E-state index is 0.341. The maximum absolute atomic E-state index is 6.27. The minimum Gasteiger partial charge on any atom is -0.488 e. The lowest BCUT2D eigenvalue weighted by Gasteiger charge is -2.23. The summed E-state index contributed by atoms with van der Waals surface area (Å²) in [6.07, 6.45) is 12.2. The number of aromatic nitrogens is 2. The second-order valence-corrected chi connectivity index (χ2v) is 6.70. The van der Waals surface area contributed by atoms with Gasteiger partial charge in [0.05, 0.1) is 22.7 Å². The van der Waals surface area contributed by atoms with Crippen LogP contribution in [0, 0.1) is 0 Å². The van der Waals surface area contributed by atoms with Crippen molar-refractivity contribution in [1.29, 1.82) is 0 Å². The number of benzene rings is 1. The van der Waals surface area contributed by atoms with Gasteiger partial charge < -0.3 is 4.74 Å². The van der Waals surface area contributed by atoms with Crippen LogP contribution in [0.15, 0.2) is 42.3 Å². The van der Waals surface area contributed by atoms with Gasteiger partial charge in [-0.15, -0.1) is 11.3 Å². The molecule has 2 aromatic heterocycles. The van der Waals surface area contributed by atoms with E-state index in [4.69, 9.17) is 4.74 Å². The average molecular weight is 310 g/mol. The summed E-state index contributed by atoms with van der Waals surface area (Å²) in [7, 11) is 0. The highest BCUT2D eigenvalue weighted by molar-refractivity contribution is 7.13. The van der Waals surface area contributed by atoms with Crippen LogP contribution in [0.2, 0.25) is 0 Å². The Labute approximate surface area is 134 Å². The fourth-order valence-corrected chi connectivity index (χ4v) is 3.73. The van der Waals surface area contributed by atoms with Crippen molar-refractivity contribution in [2.75, 3.05) is 0 Å². The summed E-state index contributed by atoms with van der Waals surface area (Å²) < 4.78 is 6.27. The zero-order valence-electron chi connectivity index (χ0n) is 12.4. The van der Waals surface area contributed by atoms with Crippen LogP contribution in [0.5, 0.6) is 5.75 Å². The average Bonchev–Trinajstić information content (AvgIpc) is 3.10. The number of fused-ring (bicyclic) bond motifs is 1. The van der Waals surface area contributed by atoms with E-state index in [-0.39, 0.29) is 0 Å². The molecule has 1 aromatic carbocycles. The van der Waals surface area contributed by atoms with Gasteiger partial charge >= 0.3 is 0 Å². The Kier molecular flexibility index (Phi) is 3.77. The molecule has 4 rings (SSSR count). The smallest absolute Gasteiger partial charge is 0.145 e. The number of thiazole rings is 1. The van der Waals surface area contributed by atoms with Crippen LogP contribution < -0.4 is 4.74 Å². The van der Waals surface area contributed by atoms with Crippen LogP contribution in [-0.2, 0) is 0 Å². The minimum absolute atomic E-state index is 0.341. The highest BCUT2D eigenvalue weighted by Gasteiger charge is 2.16. The Morgan fingerprint density at radius 3 is 2.73 bits per heavy atom. The van der Waals surface area contributed by atoms with E-state index < -0.39 is 0 Å². The van der Waals surface area contributed by atoms with Gasteiger partial charge in [0.25, 0.3) is 0 Å². The van der Waals surface area contributed by atoms with Gasteiger partial charge in [0.1, 0.15) is 5.75 Å². The standard InChI is InChI=1S/C18H18N2OS/c1-2-4-15(5-3-1)21-17-10-19-9-14-7-6-13(8-16(14)17)18-11-20-12-22-18/h6-12,15H,1-5H2. The molecule has 0 unspecified atom stereocenters. The molecule has 2 heterocycles. The first-order valence-electron chi connectivity index (χ1n) is 7.83. The van der Waals surface area contributed by atoms with E-state index in [9.17, 15) is 0 Å². The summed E-state index contributed by atoms with van der Waals surface area (Å²) in [6.45, 7) is 0. The molecule has 0 radical (unpaired) electrons. The van der Waals surface area contributed by atoms with E-state index >= 15 is 0 Å². The summed E-state index contributed by atoms with van der Waals surface area (Å²) in [5.74, 6) is 0.913. The molecule has 0 N–H and O–H groups in total. The Balaban J connectivity index is 1.72. The molecule has 1 saturated carbocycles. The molecular formula is C18H18N2OS. The lowest BCUT2D eigenvalue weighted by molar-refractivity contribution is 0.156. The van der Waals surface area contributed by atoms with Crippen molar-refractivity contribution in [3.05, 3.63) is 42.3 Å². The van der Waals surface area contributed by atoms with E-state index in [1.54, 1.807) is 11.3 Å². The lowest BCUT2D eigenvalue weighted by Crippen LogP contribution is -2.19. The van der Waals surface area contributed by atoms with Gasteiger partial charge in [-0.05, 0) is 37.3 Å². The van der Waals surface area contributed by atoms with E-state index in [2.05, 4.69) is 28.2 Å². The molecule has 22 heavy (non-hydrogen) atoms. The highest BCUT2D eigenvalue weighted by Crippen LogP contribution is 2.33. The quantitative estimate of drug-likeness (QED) is 0.677.